The van der Waals surface area contributed by atoms with E-state index in [2.05, 4.69) is 41.2 Å². The van der Waals surface area contributed by atoms with Gasteiger partial charge in [-0.05, 0) is 60.6 Å². The Morgan fingerprint density at radius 3 is 2.80 bits per heavy atom. The number of halogens is 1. The van der Waals surface area contributed by atoms with E-state index in [0.29, 0.717) is 6.04 Å². The van der Waals surface area contributed by atoms with Crippen LogP contribution in [0.1, 0.15) is 42.0 Å². The van der Waals surface area contributed by atoms with E-state index in [1.165, 1.54) is 33.5 Å². The Kier molecular flexibility index (Phi) is 3.86. The molecule has 1 unspecified atom stereocenters. The highest BCUT2D eigenvalue weighted by Gasteiger charge is 2.33. The first-order valence-electron chi connectivity index (χ1n) is 5.71. The molecular formula is C12H18BrNS. The number of thiophene rings is 1. The molecule has 1 aromatic rings. The minimum absolute atomic E-state index is 0.595. The molecule has 0 bridgehead atoms. The zero-order valence-electron chi connectivity index (χ0n) is 9.35. The molecule has 0 aliphatic heterocycles. The fourth-order valence-electron chi connectivity index (χ4n) is 1.92. The van der Waals surface area contributed by atoms with Crippen molar-refractivity contribution < 1.29 is 0 Å². The first kappa shape index (κ1) is 11.6. The molecular weight excluding hydrogens is 270 g/mol. The maximum absolute atomic E-state index is 3.68. The summed E-state index contributed by atoms with van der Waals surface area (Å²) in [5.74, 6) is 0.880. The van der Waals surface area contributed by atoms with Crippen LogP contribution in [0.3, 0.4) is 0 Å². The van der Waals surface area contributed by atoms with E-state index in [0.717, 1.165) is 12.5 Å². The summed E-state index contributed by atoms with van der Waals surface area (Å²) < 4.78 is 1.30. The van der Waals surface area contributed by atoms with Gasteiger partial charge >= 0.3 is 0 Å². The van der Waals surface area contributed by atoms with Crippen LogP contribution in [-0.4, -0.2) is 6.54 Å². The Labute approximate surface area is 104 Å². The molecule has 1 N–H and O–H groups in total. The van der Waals surface area contributed by atoms with Crippen molar-refractivity contribution >= 4 is 27.3 Å². The summed E-state index contributed by atoms with van der Waals surface area (Å²) in [5.41, 5.74) is 0. The van der Waals surface area contributed by atoms with Crippen molar-refractivity contribution in [3.8, 4) is 0 Å². The van der Waals surface area contributed by atoms with Gasteiger partial charge in [-0.2, -0.15) is 0 Å². The topological polar surface area (TPSA) is 12.0 Å². The van der Waals surface area contributed by atoms with Gasteiger partial charge in [-0.15, -0.1) is 11.3 Å². The molecule has 0 spiro atoms. The van der Waals surface area contributed by atoms with E-state index in [1.807, 2.05) is 11.3 Å². The highest BCUT2D eigenvalue weighted by Crippen LogP contribution is 2.45. The van der Waals surface area contributed by atoms with E-state index in [4.69, 9.17) is 0 Å². The summed E-state index contributed by atoms with van der Waals surface area (Å²) in [6.07, 6.45) is 4.00. The average molecular weight is 288 g/mol. The van der Waals surface area contributed by atoms with Gasteiger partial charge in [-0.3, -0.25) is 0 Å². The first-order chi connectivity index (χ1) is 7.22. The molecule has 84 valence electrons. The summed E-state index contributed by atoms with van der Waals surface area (Å²) in [7, 11) is 0. The highest BCUT2D eigenvalue weighted by atomic mass is 79.9. The van der Waals surface area contributed by atoms with Crippen molar-refractivity contribution in [1.29, 1.82) is 0 Å². The molecule has 0 radical (unpaired) electrons. The van der Waals surface area contributed by atoms with Crippen molar-refractivity contribution in [3.63, 3.8) is 0 Å². The van der Waals surface area contributed by atoms with Gasteiger partial charge in [0, 0.05) is 20.3 Å². The van der Waals surface area contributed by atoms with E-state index >= 15 is 0 Å². The number of aryl methyl sites for hydroxylation is 1. The van der Waals surface area contributed by atoms with Gasteiger partial charge in [0.2, 0.25) is 0 Å². The Bertz CT molecular complexity index is 330. The Balaban J connectivity index is 2.12. The van der Waals surface area contributed by atoms with Gasteiger partial charge in [0.25, 0.3) is 0 Å². The van der Waals surface area contributed by atoms with Gasteiger partial charge in [0.15, 0.2) is 0 Å². The lowest BCUT2D eigenvalue weighted by Crippen LogP contribution is -2.23. The predicted octanol–water partition coefficient (Wildman–Crippen LogP) is 4.27. The van der Waals surface area contributed by atoms with Crippen LogP contribution in [0.4, 0.5) is 0 Å². The van der Waals surface area contributed by atoms with E-state index in [1.54, 1.807) is 0 Å². The first-order valence-corrected chi connectivity index (χ1v) is 7.32. The van der Waals surface area contributed by atoms with Gasteiger partial charge in [-0.25, -0.2) is 0 Å². The maximum atomic E-state index is 3.68. The minimum Gasteiger partial charge on any atom is -0.309 e. The maximum Gasteiger partial charge on any atom is 0.0454 e. The van der Waals surface area contributed by atoms with E-state index in [-0.39, 0.29) is 0 Å². The smallest absolute Gasteiger partial charge is 0.0454 e. The van der Waals surface area contributed by atoms with Gasteiger partial charge in [0.05, 0.1) is 0 Å². The molecule has 1 aliphatic rings. The predicted molar refractivity (Wildman–Crippen MR) is 70.5 cm³/mol. The average Bonchev–Trinajstić information content (AvgIpc) is 2.95. The molecule has 1 fully saturated rings. The molecule has 15 heavy (non-hydrogen) atoms. The fraction of sp³-hybridized carbons (Fsp3) is 0.667. The monoisotopic (exact) mass is 287 g/mol. The number of hydrogen-bond donors (Lipinski definition) is 1. The summed E-state index contributed by atoms with van der Waals surface area (Å²) in [6.45, 7) is 5.54. The SMILES string of the molecule is CCCNC(c1sc(C)cc1Br)C1CC1. The molecule has 2 rings (SSSR count). The number of hydrogen-bond acceptors (Lipinski definition) is 2. The Morgan fingerprint density at radius 2 is 2.33 bits per heavy atom. The van der Waals surface area contributed by atoms with Crippen LogP contribution in [0, 0.1) is 12.8 Å². The third kappa shape index (κ3) is 2.83. The van der Waals surface area contributed by atoms with Crippen molar-refractivity contribution in [2.45, 2.75) is 39.2 Å². The standard InChI is InChI=1S/C12H18BrNS/c1-3-6-14-11(9-4-5-9)12-10(13)7-8(2)15-12/h7,9,11,14H,3-6H2,1-2H3. The largest absolute Gasteiger partial charge is 0.309 e. The molecule has 1 aliphatic carbocycles. The highest BCUT2D eigenvalue weighted by molar-refractivity contribution is 9.10. The third-order valence-electron chi connectivity index (χ3n) is 2.83. The molecule has 1 nitrogen and oxygen atoms in total. The summed E-state index contributed by atoms with van der Waals surface area (Å²) in [5, 5.41) is 3.68. The van der Waals surface area contributed by atoms with Crippen LogP contribution >= 0.6 is 27.3 Å². The molecule has 0 amide bonds. The normalized spacial score (nSPS) is 18.1. The molecule has 1 atom stereocenters. The van der Waals surface area contributed by atoms with Crippen LogP contribution in [0.25, 0.3) is 0 Å². The van der Waals surface area contributed by atoms with Crippen LogP contribution in [0.15, 0.2) is 10.5 Å². The lowest BCUT2D eigenvalue weighted by atomic mass is 10.1. The zero-order valence-corrected chi connectivity index (χ0v) is 11.7. The summed E-state index contributed by atoms with van der Waals surface area (Å²) in [6, 6.07) is 2.83. The Morgan fingerprint density at radius 1 is 1.60 bits per heavy atom. The molecule has 1 aromatic heterocycles. The Hall–Kier alpha value is 0.140. The fourth-order valence-corrected chi connectivity index (χ4v) is 3.98. The molecule has 3 heteroatoms. The van der Waals surface area contributed by atoms with Gasteiger partial charge in [0.1, 0.15) is 0 Å². The molecule has 0 aromatic carbocycles. The second kappa shape index (κ2) is 4.98. The second-order valence-electron chi connectivity index (χ2n) is 4.34. The van der Waals surface area contributed by atoms with Crippen LogP contribution < -0.4 is 5.32 Å². The third-order valence-corrected chi connectivity index (χ3v) is 4.88. The van der Waals surface area contributed by atoms with Gasteiger partial charge < -0.3 is 5.32 Å². The molecule has 1 heterocycles. The van der Waals surface area contributed by atoms with Crippen LogP contribution in [0.5, 0.6) is 0 Å². The summed E-state index contributed by atoms with van der Waals surface area (Å²) >= 11 is 5.61. The number of rotatable bonds is 5. The lowest BCUT2D eigenvalue weighted by molar-refractivity contribution is 0.487. The zero-order chi connectivity index (χ0) is 10.8. The van der Waals surface area contributed by atoms with Crippen molar-refractivity contribution in [3.05, 3.63) is 20.3 Å². The van der Waals surface area contributed by atoms with E-state index < -0.39 is 0 Å². The molecule has 0 saturated heterocycles. The van der Waals surface area contributed by atoms with Gasteiger partial charge in [-0.1, -0.05) is 6.92 Å². The van der Waals surface area contributed by atoms with E-state index in [9.17, 15) is 0 Å². The second-order valence-corrected chi connectivity index (χ2v) is 6.48. The lowest BCUT2D eigenvalue weighted by Gasteiger charge is -2.17. The molecule has 1 saturated carbocycles. The van der Waals surface area contributed by atoms with Crippen molar-refractivity contribution in [2.24, 2.45) is 5.92 Å². The quantitative estimate of drug-likeness (QED) is 0.853. The van der Waals surface area contributed by atoms with Crippen LogP contribution in [-0.2, 0) is 0 Å². The van der Waals surface area contributed by atoms with Crippen molar-refractivity contribution in [2.75, 3.05) is 6.54 Å². The minimum atomic E-state index is 0.595. The number of nitrogens with one attached hydrogen (secondary N) is 1. The summed E-state index contributed by atoms with van der Waals surface area (Å²) in [4.78, 5) is 2.91. The van der Waals surface area contributed by atoms with Crippen LogP contribution in [0.2, 0.25) is 0 Å². The van der Waals surface area contributed by atoms with Crippen molar-refractivity contribution in [1.82, 2.24) is 5.32 Å².